The highest BCUT2D eigenvalue weighted by molar-refractivity contribution is 7.99. The van der Waals surface area contributed by atoms with Gasteiger partial charge in [0.1, 0.15) is 5.82 Å². The van der Waals surface area contributed by atoms with E-state index in [2.05, 4.69) is 31.2 Å². The van der Waals surface area contributed by atoms with Crippen molar-refractivity contribution in [2.45, 2.75) is 26.2 Å². The molecule has 1 saturated heterocycles. The first-order valence-corrected chi connectivity index (χ1v) is 7.93. The largest absolute Gasteiger partial charge is 0.337 e. The van der Waals surface area contributed by atoms with E-state index >= 15 is 0 Å². The van der Waals surface area contributed by atoms with Gasteiger partial charge in [0.25, 0.3) is 5.91 Å². The number of anilines is 1. The van der Waals surface area contributed by atoms with E-state index in [1.807, 2.05) is 22.7 Å². The number of thioether (sulfide) groups is 1. The van der Waals surface area contributed by atoms with Crippen LogP contribution in [0.2, 0.25) is 0 Å². The number of nitrogens with zero attached hydrogens (tertiary/aromatic N) is 2. The second-order valence-corrected chi connectivity index (χ2v) is 7.15. The zero-order valence-electron chi connectivity index (χ0n) is 12.3. The highest BCUT2D eigenvalue weighted by Crippen LogP contribution is 2.24. The molecule has 1 aliphatic rings. The van der Waals surface area contributed by atoms with E-state index in [1.165, 1.54) is 0 Å². The summed E-state index contributed by atoms with van der Waals surface area (Å²) in [4.78, 5) is 18.9. The van der Waals surface area contributed by atoms with Crippen LogP contribution in [0.15, 0.2) is 12.1 Å². The Kier molecular flexibility index (Phi) is 4.55. The lowest BCUT2D eigenvalue weighted by Gasteiger charge is -2.27. The Morgan fingerprint density at radius 3 is 2.55 bits per heavy atom. The Morgan fingerprint density at radius 1 is 1.35 bits per heavy atom. The minimum Gasteiger partial charge on any atom is -0.337 e. The van der Waals surface area contributed by atoms with Crippen molar-refractivity contribution in [3.8, 4) is 0 Å². The lowest BCUT2D eigenvalue weighted by atomic mass is 9.90. The molecular formula is C14H22N4OS. The summed E-state index contributed by atoms with van der Waals surface area (Å²) in [5, 5.41) is 0. The van der Waals surface area contributed by atoms with Crippen molar-refractivity contribution in [3.63, 3.8) is 0 Å². The standard InChI is InChI=1S/C14H22N4OS/c1-14(2,3)11-8-10(9-12(16-11)17-15)13(19)18-4-6-20-7-5-18/h8-9H,4-7,15H2,1-3H3,(H,16,17). The van der Waals surface area contributed by atoms with Gasteiger partial charge in [-0.15, -0.1) is 0 Å². The predicted molar refractivity (Wildman–Crippen MR) is 84.0 cm³/mol. The number of nitrogens with one attached hydrogen (secondary N) is 1. The summed E-state index contributed by atoms with van der Waals surface area (Å²) in [5.41, 5.74) is 3.95. The highest BCUT2D eigenvalue weighted by atomic mass is 32.2. The van der Waals surface area contributed by atoms with Crippen LogP contribution in [0.3, 0.4) is 0 Å². The van der Waals surface area contributed by atoms with Crippen LogP contribution in [0.5, 0.6) is 0 Å². The molecule has 1 aliphatic heterocycles. The van der Waals surface area contributed by atoms with Crippen molar-refractivity contribution in [1.29, 1.82) is 0 Å². The van der Waals surface area contributed by atoms with Gasteiger partial charge >= 0.3 is 0 Å². The molecule has 2 heterocycles. The molecule has 1 fully saturated rings. The molecule has 5 nitrogen and oxygen atoms in total. The van der Waals surface area contributed by atoms with E-state index in [9.17, 15) is 4.79 Å². The summed E-state index contributed by atoms with van der Waals surface area (Å²) in [6.45, 7) is 7.83. The van der Waals surface area contributed by atoms with Gasteiger partial charge in [-0.1, -0.05) is 20.8 Å². The van der Waals surface area contributed by atoms with E-state index < -0.39 is 0 Å². The minimum absolute atomic E-state index is 0.0645. The molecule has 1 amide bonds. The SMILES string of the molecule is CC(C)(C)c1cc(C(=O)N2CCSCC2)cc(NN)n1. The highest BCUT2D eigenvalue weighted by Gasteiger charge is 2.23. The Bertz CT molecular complexity index is 492. The molecular weight excluding hydrogens is 272 g/mol. The summed E-state index contributed by atoms with van der Waals surface area (Å²) >= 11 is 1.89. The average Bonchev–Trinajstić information content (AvgIpc) is 2.46. The van der Waals surface area contributed by atoms with Gasteiger partial charge in [-0.25, -0.2) is 10.8 Å². The number of carbonyl (C=O) groups is 1. The molecule has 6 heteroatoms. The number of rotatable bonds is 2. The molecule has 0 aromatic carbocycles. The van der Waals surface area contributed by atoms with Gasteiger partial charge in [-0.3, -0.25) is 4.79 Å². The number of hydrogen-bond acceptors (Lipinski definition) is 5. The van der Waals surface area contributed by atoms with E-state index in [-0.39, 0.29) is 11.3 Å². The molecule has 0 aliphatic carbocycles. The van der Waals surface area contributed by atoms with Gasteiger partial charge in [0.05, 0.1) is 0 Å². The summed E-state index contributed by atoms with van der Waals surface area (Å²) in [7, 11) is 0. The number of pyridine rings is 1. The number of nitrogens with two attached hydrogens (primary N) is 1. The zero-order valence-corrected chi connectivity index (χ0v) is 13.1. The summed E-state index contributed by atoms with van der Waals surface area (Å²) in [6, 6.07) is 3.60. The molecule has 110 valence electrons. The van der Waals surface area contributed by atoms with Gasteiger partial charge in [0.2, 0.25) is 0 Å². The molecule has 1 aromatic rings. The van der Waals surface area contributed by atoms with Crippen LogP contribution in [0.4, 0.5) is 5.82 Å². The third-order valence-corrected chi connectivity index (χ3v) is 4.23. The van der Waals surface area contributed by atoms with Crippen molar-refractivity contribution in [2.75, 3.05) is 30.0 Å². The van der Waals surface area contributed by atoms with Gasteiger partial charge in [-0.2, -0.15) is 11.8 Å². The van der Waals surface area contributed by atoms with Gasteiger partial charge in [0, 0.05) is 41.3 Å². The Labute approximate surface area is 124 Å². The van der Waals surface area contributed by atoms with E-state index in [0.717, 1.165) is 30.3 Å². The van der Waals surface area contributed by atoms with E-state index in [1.54, 1.807) is 6.07 Å². The fourth-order valence-corrected chi connectivity index (χ4v) is 2.96. The second-order valence-electron chi connectivity index (χ2n) is 5.93. The number of hydrogen-bond donors (Lipinski definition) is 2. The number of aromatic nitrogens is 1. The van der Waals surface area contributed by atoms with Gasteiger partial charge < -0.3 is 10.3 Å². The van der Waals surface area contributed by atoms with Crippen molar-refractivity contribution in [1.82, 2.24) is 9.88 Å². The smallest absolute Gasteiger partial charge is 0.254 e. The summed E-state index contributed by atoms with van der Waals surface area (Å²) < 4.78 is 0. The zero-order chi connectivity index (χ0) is 14.8. The maximum absolute atomic E-state index is 12.6. The first kappa shape index (κ1) is 15.1. The fraction of sp³-hybridized carbons (Fsp3) is 0.571. The van der Waals surface area contributed by atoms with Crippen LogP contribution < -0.4 is 11.3 Å². The minimum atomic E-state index is -0.125. The molecule has 3 N–H and O–H groups in total. The molecule has 0 spiro atoms. The van der Waals surface area contributed by atoms with E-state index in [0.29, 0.717) is 11.4 Å². The Morgan fingerprint density at radius 2 is 2.00 bits per heavy atom. The van der Waals surface area contributed by atoms with Crippen LogP contribution in [0, 0.1) is 0 Å². The molecule has 0 saturated carbocycles. The van der Waals surface area contributed by atoms with Gasteiger partial charge in [0.15, 0.2) is 0 Å². The van der Waals surface area contributed by atoms with Crippen molar-refractivity contribution in [2.24, 2.45) is 5.84 Å². The van der Waals surface area contributed by atoms with Crippen LogP contribution >= 0.6 is 11.8 Å². The van der Waals surface area contributed by atoms with Crippen LogP contribution in [-0.4, -0.2) is 40.4 Å². The van der Waals surface area contributed by atoms with Crippen molar-refractivity contribution >= 4 is 23.5 Å². The lowest BCUT2D eigenvalue weighted by Crippen LogP contribution is -2.38. The number of amides is 1. The third-order valence-electron chi connectivity index (χ3n) is 3.29. The summed E-state index contributed by atoms with van der Waals surface area (Å²) in [5.74, 6) is 8.08. The first-order chi connectivity index (χ1) is 9.41. The number of nitrogen functional groups attached to an aromatic ring is 1. The Hall–Kier alpha value is -1.27. The van der Waals surface area contributed by atoms with Crippen LogP contribution in [0.25, 0.3) is 0 Å². The molecule has 1 aromatic heterocycles. The third kappa shape index (κ3) is 3.43. The average molecular weight is 294 g/mol. The molecule has 2 rings (SSSR count). The molecule has 20 heavy (non-hydrogen) atoms. The fourth-order valence-electron chi connectivity index (χ4n) is 2.06. The number of hydrazine groups is 1. The molecule has 0 bridgehead atoms. The van der Waals surface area contributed by atoms with E-state index in [4.69, 9.17) is 5.84 Å². The van der Waals surface area contributed by atoms with Crippen molar-refractivity contribution < 1.29 is 4.79 Å². The Balaban J connectivity index is 2.32. The lowest BCUT2D eigenvalue weighted by molar-refractivity contribution is 0.0772. The molecule has 0 atom stereocenters. The maximum atomic E-state index is 12.6. The summed E-state index contributed by atoms with van der Waals surface area (Å²) in [6.07, 6.45) is 0. The van der Waals surface area contributed by atoms with Gasteiger partial charge in [-0.05, 0) is 12.1 Å². The first-order valence-electron chi connectivity index (χ1n) is 6.78. The van der Waals surface area contributed by atoms with Crippen molar-refractivity contribution in [3.05, 3.63) is 23.4 Å². The topological polar surface area (TPSA) is 71.2 Å². The number of carbonyl (C=O) groups excluding carboxylic acids is 1. The monoisotopic (exact) mass is 294 g/mol. The van der Waals surface area contributed by atoms with Crippen LogP contribution in [-0.2, 0) is 5.41 Å². The quantitative estimate of drug-likeness (QED) is 0.643. The predicted octanol–water partition coefficient (Wildman–Crippen LogP) is 1.85. The maximum Gasteiger partial charge on any atom is 0.254 e. The van der Waals surface area contributed by atoms with Crippen LogP contribution in [0.1, 0.15) is 36.8 Å². The second kappa shape index (κ2) is 6.01. The molecule has 0 radical (unpaired) electrons. The molecule has 0 unspecified atom stereocenters. The normalized spacial score (nSPS) is 16.1.